The van der Waals surface area contributed by atoms with Gasteiger partial charge in [-0.1, -0.05) is 20.3 Å². The van der Waals surface area contributed by atoms with E-state index in [2.05, 4.69) is 42.9 Å². The minimum atomic E-state index is 0.510. The summed E-state index contributed by atoms with van der Waals surface area (Å²) in [6.45, 7) is 12.2. The Morgan fingerprint density at radius 3 is 2.80 bits per heavy atom. The van der Waals surface area contributed by atoms with E-state index in [0.29, 0.717) is 11.5 Å². The number of aromatic nitrogens is 1. The SMILES string of the molecule is CCN(CC)c1ncc(CNC2CCCC(C)(C)C2)s1. The third-order valence-corrected chi connectivity index (χ3v) is 5.40. The number of nitrogens with one attached hydrogen (secondary N) is 1. The molecule has 0 radical (unpaired) electrons. The van der Waals surface area contributed by atoms with Crippen molar-refractivity contribution >= 4 is 16.5 Å². The molecular formula is C16H29N3S. The average Bonchev–Trinajstić information content (AvgIpc) is 2.86. The van der Waals surface area contributed by atoms with Crippen molar-refractivity contribution in [2.75, 3.05) is 18.0 Å². The van der Waals surface area contributed by atoms with E-state index in [-0.39, 0.29) is 0 Å². The molecule has 1 N–H and O–H groups in total. The standard InChI is InChI=1S/C16H29N3S/c1-5-19(6-2)15-18-12-14(20-15)11-17-13-8-7-9-16(3,4)10-13/h12-13,17H,5-11H2,1-4H3. The van der Waals surface area contributed by atoms with E-state index in [4.69, 9.17) is 0 Å². The molecule has 2 rings (SSSR count). The Morgan fingerprint density at radius 1 is 1.40 bits per heavy atom. The molecular weight excluding hydrogens is 266 g/mol. The van der Waals surface area contributed by atoms with Crippen molar-refractivity contribution < 1.29 is 0 Å². The summed E-state index contributed by atoms with van der Waals surface area (Å²) in [7, 11) is 0. The molecule has 1 aromatic rings. The molecule has 0 saturated heterocycles. The van der Waals surface area contributed by atoms with Crippen LogP contribution in [0.15, 0.2) is 6.20 Å². The molecule has 1 atom stereocenters. The quantitative estimate of drug-likeness (QED) is 0.858. The molecule has 4 heteroatoms. The zero-order valence-corrected chi connectivity index (χ0v) is 14.2. The van der Waals surface area contributed by atoms with Crippen molar-refractivity contribution in [3.8, 4) is 0 Å². The Labute approximate surface area is 127 Å². The fourth-order valence-electron chi connectivity index (χ4n) is 3.14. The van der Waals surface area contributed by atoms with Gasteiger partial charge in [-0.15, -0.1) is 11.3 Å². The molecule has 0 bridgehead atoms. The summed E-state index contributed by atoms with van der Waals surface area (Å²) in [5.74, 6) is 0. The number of nitrogens with zero attached hydrogens (tertiary/aromatic N) is 2. The van der Waals surface area contributed by atoms with Crippen molar-refractivity contribution in [3.05, 3.63) is 11.1 Å². The fraction of sp³-hybridized carbons (Fsp3) is 0.812. The van der Waals surface area contributed by atoms with Crippen LogP contribution in [0.4, 0.5) is 5.13 Å². The van der Waals surface area contributed by atoms with Crippen LogP contribution in [-0.4, -0.2) is 24.1 Å². The lowest BCUT2D eigenvalue weighted by Crippen LogP contribution is -2.36. The maximum atomic E-state index is 4.55. The highest BCUT2D eigenvalue weighted by molar-refractivity contribution is 7.15. The second-order valence-corrected chi connectivity index (χ2v) is 7.71. The maximum absolute atomic E-state index is 4.55. The van der Waals surface area contributed by atoms with Crippen LogP contribution in [0.25, 0.3) is 0 Å². The zero-order valence-electron chi connectivity index (χ0n) is 13.4. The van der Waals surface area contributed by atoms with E-state index in [0.717, 1.165) is 24.8 Å². The summed E-state index contributed by atoms with van der Waals surface area (Å²) >= 11 is 1.83. The van der Waals surface area contributed by atoms with Crippen LogP contribution in [0.3, 0.4) is 0 Å². The number of rotatable bonds is 6. The highest BCUT2D eigenvalue weighted by atomic mass is 32.1. The lowest BCUT2D eigenvalue weighted by Gasteiger charge is -2.35. The maximum Gasteiger partial charge on any atom is 0.185 e. The van der Waals surface area contributed by atoms with Gasteiger partial charge in [-0.3, -0.25) is 0 Å². The molecule has 114 valence electrons. The van der Waals surface area contributed by atoms with Crippen LogP contribution in [0, 0.1) is 5.41 Å². The van der Waals surface area contributed by atoms with Crippen molar-refractivity contribution in [1.82, 2.24) is 10.3 Å². The first-order chi connectivity index (χ1) is 9.54. The van der Waals surface area contributed by atoms with Crippen molar-refractivity contribution in [2.24, 2.45) is 5.41 Å². The molecule has 0 amide bonds. The van der Waals surface area contributed by atoms with E-state index < -0.39 is 0 Å². The number of hydrogen-bond donors (Lipinski definition) is 1. The van der Waals surface area contributed by atoms with Gasteiger partial charge in [0.2, 0.25) is 0 Å². The second-order valence-electron chi connectivity index (χ2n) is 6.62. The molecule has 3 nitrogen and oxygen atoms in total. The van der Waals surface area contributed by atoms with Gasteiger partial charge in [-0.25, -0.2) is 4.98 Å². The Morgan fingerprint density at radius 2 is 2.15 bits per heavy atom. The van der Waals surface area contributed by atoms with Crippen molar-refractivity contribution in [2.45, 2.75) is 66.0 Å². The normalized spacial score (nSPS) is 21.9. The Hall–Kier alpha value is -0.610. The zero-order chi connectivity index (χ0) is 14.6. The Balaban J connectivity index is 1.85. The first-order valence-electron chi connectivity index (χ1n) is 7.97. The van der Waals surface area contributed by atoms with Gasteiger partial charge in [0, 0.05) is 36.8 Å². The minimum Gasteiger partial charge on any atom is -0.349 e. The van der Waals surface area contributed by atoms with Crippen LogP contribution < -0.4 is 10.2 Å². The van der Waals surface area contributed by atoms with Gasteiger partial charge in [0.15, 0.2) is 5.13 Å². The van der Waals surface area contributed by atoms with Gasteiger partial charge >= 0.3 is 0 Å². The molecule has 1 aromatic heterocycles. The van der Waals surface area contributed by atoms with E-state index >= 15 is 0 Å². The third kappa shape index (κ3) is 4.19. The van der Waals surface area contributed by atoms with Gasteiger partial charge in [-0.2, -0.15) is 0 Å². The molecule has 0 aromatic carbocycles. The molecule has 1 saturated carbocycles. The number of thiazole rings is 1. The molecule has 20 heavy (non-hydrogen) atoms. The topological polar surface area (TPSA) is 28.2 Å². The Kier molecular flexibility index (Phi) is 5.44. The van der Waals surface area contributed by atoms with Crippen molar-refractivity contribution in [3.63, 3.8) is 0 Å². The summed E-state index contributed by atoms with van der Waals surface area (Å²) in [5, 5.41) is 4.90. The van der Waals surface area contributed by atoms with Crippen LogP contribution >= 0.6 is 11.3 Å². The summed E-state index contributed by atoms with van der Waals surface area (Å²) in [6, 6.07) is 0.678. The van der Waals surface area contributed by atoms with E-state index in [1.54, 1.807) is 0 Å². The molecule has 1 aliphatic carbocycles. The highest BCUT2D eigenvalue weighted by Crippen LogP contribution is 2.35. The average molecular weight is 295 g/mol. The molecule has 1 fully saturated rings. The van der Waals surface area contributed by atoms with E-state index in [1.807, 2.05) is 17.5 Å². The van der Waals surface area contributed by atoms with Gasteiger partial charge < -0.3 is 10.2 Å². The molecule has 0 spiro atoms. The van der Waals surface area contributed by atoms with Gasteiger partial charge in [-0.05, 0) is 38.5 Å². The summed E-state index contributed by atoms with van der Waals surface area (Å²) in [5.41, 5.74) is 0.510. The van der Waals surface area contributed by atoms with Crippen LogP contribution in [-0.2, 0) is 6.54 Å². The minimum absolute atomic E-state index is 0.510. The third-order valence-electron chi connectivity index (χ3n) is 4.35. The summed E-state index contributed by atoms with van der Waals surface area (Å²) < 4.78 is 0. The predicted octanol–water partition coefficient (Wildman–Crippen LogP) is 4.05. The lowest BCUT2D eigenvalue weighted by molar-refractivity contribution is 0.198. The van der Waals surface area contributed by atoms with E-state index in [1.165, 1.54) is 30.6 Å². The summed E-state index contributed by atoms with van der Waals surface area (Å²) in [4.78, 5) is 8.23. The van der Waals surface area contributed by atoms with Gasteiger partial charge in [0.25, 0.3) is 0 Å². The van der Waals surface area contributed by atoms with Crippen LogP contribution in [0.1, 0.15) is 58.3 Å². The number of hydrogen-bond acceptors (Lipinski definition) is 4. The summed E-state index contributed by atoms with van der Waals surface area (Å²) in [6.07, 6.45) is 7.40. The Bertz CT molecular complexity index is 410. The second kappa shape index (κ2) is 6.90. The fourth-order valence-corrected chi connectivity index (χ4v) is 4.12. The first kappa shape index (κ1) is 15.8. The predicted molar refractivity (Wildman–Crippen MR) is 88.6 cm³/mol. The lowest BCUT2D eigenvalue weighted by atomic mass is 9.75. The first-order valence-corrected chi connectivity index (χ1v) is 8.78. The van der Waals surface area contributed by atoms with Crippen LogP contribution in [0.2, 0.25) is 0 Å². The molecule has 1 heterocycles. The van der Waals surface area contributed by atoms with Crippen LogP contribution in [0.5, 0.6) is 0 Å². The van der Waals surface area contributed by atoms with Crippen molar-refractivity contribution in [1.29, 1.82) is 0 Å². The monoisotopic (exact) mass is 295 g/mol. The van der Waals surface area contributed by atoms with E-state index in [9.17, 15) is 0 Å². The highest BCUT2D eigenvalue weighted by Gasteiger charge is 2.27. The van der Waals surface area contributed by atoms with Gasteiger partial charge in [0.1, 0.15) is 0 Å². The number of anilines is 1. The molecule has 1 aliphatic rings. The molecule has 0 aliphatic heterocycles. The smallest absolute Gasteiger partial charge is 0.185 e. The molecule has 1 unspecified atom stereocenters. The van der Waals surface area contributed by atoms with Gasteiger partial charge in [0.05, 0.1) is 0 Å². The largest absolute Gasteiger partial charge is 0.349 e.